The average molecular weight is 491 g/mol. The second-order valence-corrected chi connectivity index (χ2v) is 9.59. The number of hydrogen-bond donors (Lipinski definition) is 0. The highest BCUT2D eigenvalue weighted by Gasteiger charge is 2.44. The van der Waals surface area contributed by atoms with E-state index < -0.39 is 5.92 Å². The van der Waals surface area contributed by atoms with Gasteiger partial charge >= 0.3 is 0 Å². The standard InChI is InChI=1S/C33H18N2O3/c36-30-20-13-5-6-14-21(20)31(37)33-27(30)25(18-10-2-1-3-11-18)26-29-28(34-23-16-8-9-17-24(23)35-29)19-12-4-7-15-22(19)32(26)38-33/h1-17,25H. The van der Waals surface area contributed by atoms with Crippen molar-refractivity contribution in [3.05, 3.63) is 137 Å². The number of benzene rings is 5. The highest BCUT2D eigenvalue weighted by atomic mass is 16.5. The van der Waals surface area contributed by atoms with E-state index in [0.717, 1.165) is 38.4 Å². The maximum atomic E-state index is 14.1. The van der Waals surface area contributed by atoms with Crippen LogP contribution in [0.1, 0.15) is 37.8 Å². The fourth-order valence-corrected chi connectivity index (χ4v) is 5.85. The monoisotopic (exact) mass is 490 g/mol. The topological polar surface area (TPSA) is 69.2 Å². The molecule has 0 amide bonds. The van der Waals surface area contributed by atoms with E-state index in [1.165, 1.54) is 0 Å². The van der Waals surface area contributed by atoms with Crippen LogP contribution >= 0.6 is 0 Å². The molecule has 0 radical (unpaired) electrons. The smallest absolute Gasteiger partial charge is 0.229 e. The number of ether oxygens (including phenoxy) is 1. The number of allylic oxidation sites excluding steroid dienone is 2. The summed E-state index contributed by atoms with van der Waals surface area (Å²) in [7, 11) is 0. The van der Waals surface area contributed by atoms with Crippen molar-refractivity contribution in [1.29, 1.82) is 0 Å². The van der Waals surface area contributed by atoms with Gasteiger partial charge in [-0.05, 0) is 17.7 Å². The summed E-state index contributed by atoms with van der Waals surface area (Å²) >= 11 is 0. The molecule has 0 saturated heterocycles. The molecule has 1 aromatic heterocycles. The van der Waals surface area contributed by atoms with Gasteiger partial charge in [0.1, 0.15) is 5.75 Å². The lowest BCUT2D eigenvalue weighted by molar-refractivity contribution is 0.0928. The first-order valence-corrected chi connectivity index (χ1v) is 12.5. The van der Waals surface area contributed by atoms with Gasteiger partial charge in [0.2, 0.25) is 5.78 Å². The Morgan fingerprint density at radius 2 is 1.16 bits per heavy atom. The van der Waals surface area contributed by atoms with Gasteiger partial charge in [-0.2, -0.15) is 0 Å². The Hall–Kier alpha value is -5.16. The van der Waals surface area contributed by atoms with Crippen molar-refractivity contribution in [1.82, 2.24) is 9.97 Å². The maximum Gasteiger partial charge on any atom is 0.229 e. The molecular formula is C33H18N2O3. The van der Waals surface area contributed by atoms with E-state index in [2.05, 4.69) is 0 Å². The highest BCUT2D eigenvalue weighted by molar-refractivity contribution is 6.28. The van der Waals surface area contributed by atoms with Gasteiger partial charge in [0.05, 0.1) is 27.6 Å². The number of fused-ring (bicyclic) bond motifs is 8. The van der Waals surface area contributed by atoms with Gasteiger partial charge in [0.15, 0.2) is 11.5 Å². The highest BCUT2D eigenvalue weighted by Crippen LogP contribution is 2.52. The minimum Gasteiger partial charge on any atom is -0.452 e. The molecule has 0 N–H and O–H groups in total. The van der Waals surface area contributed by atoms with Gasteiger partial charge in [0.25, 0.3) is 0 Å². The van der Waals surface area contributed by atoms with Crippen LogP contribution in [0.25, 0.3) is 32.8 Å². The fourth-order valence-electron chi connectivity index (χ4n) is 5.85. The summed E-state index contributed by atoms with van der Waals surface area (Å²) < 4.78 is 6.50. The summed E-state index contributed by atoms with van der Waals surface area (Å²) in [5, 5.41) is 1.71. The lowest BCUT2D eigenvalue weighted by atomic mass is 9.74. The molecule has 0 saturated carbocycles. The van der Waals surface area contributed by atoms with Crippen LogP contribution in [0.2, 0.25) is 0 Å². The van der Waals surface area contributed by atoms with Crippen LogP contribution in [-0.2, 0) is 0 Å². The maximum absolute atomic E-state index is 14.1. The Morgan fingerprint density at radius 1 is 0.579 bits per heavy atom. The van der Waals surface area contributed by atoms with E-state index in [1.54, 1.807) is 24.3 Å². The summed E-state index contributed by atoms with van der Waals surface area (Å²) in [5.41, 5.74) is 5.68. The summed E-state index contributed by atoms with van der Waals surface area (Å²) in [6.45, 7) is 0. The van der Waals surface area contributed by atoms with E-state index >= 15 is 0 Å². The van der Waals surface area contributed by atoms with Gasteiger partial charge in [-0.25, -0.2) is 9.97 Å². The number of hydrogen-bond acceptors (Lipinski definition) is 5. The third-order valence-electron chi connectivity index (χ3n) is 7.52. The van der Waals surface area contributed by atoms with Gasteiger partial charge in [0, 0.05) is 33.4 Å². The number of aromatic nitrogens is 2. The Morgan fingerprint density at radius 3 is 1.89 bits per heavy atom. The summed E-state index contributed by atoms with van der Waals surface area (Å²) in [6, 6.07) is 32.4. The van der Waals surface area contributed by atoms with Gasteiger partial charge in [-0.15, -0.1) is 0 Å². The predicted molar refractivity (Wildman–Crippen MR) is 146 cm³/mol. The Balaban J connectivity index is 1.55. The van der Waals surface area contributed by atoms with Crippen molar-refractivity contribution >= 4 is 44.4 Å². The third kappa shape index (κ3) is 2.75. The molecule has 38 heavy (non-hydrogen) atoms. The molecule has 0 spiro atoms. The van der Waals surface area contributed by atoms with Crippen molar-refractivity contribution in [2.24, 2.45) is 0 Å². The summed E-state index contributed by atoms with van der Waals surface area (Å²) in [4.78, 5) is 38.0. The van der Waals surface area contributed by atoms with Crippen LogP contribution in [0.4, 0.5) is 0 Å². The molecule has 5 nitrogen and oxygen atoms in total. The fraction of sp³-hybridized carbons (Fsp3) is 0.0303. The Labute approximate surface area is 217 Å². The molecular weight excluding hydrogens is 472 g/mol. The van der Waals surface area contributed by atoms with Crippen LogP contribution in [0.15, 0.2) is 114 Å². The third-order valence-corrected chi connectivity index (χ3v) is 7.52. The second kappa shape index (κ2) is 7.67. The molecule has 5 aromatic carbocycles. The first-order chi connectivity index (χ1) is 18.7. The minimum absolute atomic E-state index is 0.0910. The molecule has 1 aliphatic carbocycles. The van der Waals surface area contributed by atoms with Gasteiger partial charge < -0.3 is 4.74 Å². The molecule has 1 aliphatic heterocycles. The predicted octanol–water partition coefficient (Wildman–Crippen LogP) is 6.79. The van der Waals surface area contributed by atoms with E-state index in [4.69, 9.17) is 14.7 Å². The van der Waals surface area contributed by atoms with Crippen LogP contribution in [0.3, 0.4) is 0 Å². The largest absolute Gasteiger partial charge is 0.452 e. The number of carbonyl (C=O) groups is 2. The molecule has 178 valence electrons. The first-order valence-electron chi connectivity index (χ1n) is 12.5. The van der Waals surface area contributed by atoms with E-state index in [0.29, 0.717) is 28.0 Å². The van der Waals surface area contributed by atoms with Crippen molar-refractivity contribution in [3.63, 3.8) is 0 Å². The summed E-state index contributed by atoms with van der Waals surface area (Å²) in [6.07, 6.45) is 0. The van der Waals surface area contributed by atoms with Crippen LogP contribution in [0.5, 0.6) is 5.75 Å². The lowest BCUT2D eigenvalue weighted by Crippen LogP contribution is -2.32. The minimum atomic E-state index is -0.553. The molecule has 8 rings (SSSR count). The van der Waals surface area contributed by atoms with Crippen LogP contribution in [-0.4, -0.2) is 21.5 Å². The van der Waals surface area contributed by atoms with Crippen LogP contribution in [0, 0.1) is 0 Å². The normalized spacial score (nSPS) is 16.4. The number of nitrogens with zero attached hydrogens (tertiary/aromatic N) is 2. The Kier molecular flexibility index (Phi) is 4.23. The molecule has 2 heterocycles. The zero-order valence-corrected chi connectivity index (χ0v) is 20.0. The van der Waals surface area contributed by atoms with Gasteiger partial charge in [-0.1, -0.05) is 91.0 Å². The molecule has 1 atom stereocenters. The molecule has 2 aliphatic rings. The van der Waals surface area contributed by atoms with Crippen molar-refractivity contribution in [2.75, 3.05) is 0 Å². The van der Waals surface area contributed by atoms with Crippen molar-refractivity contribution in [3.8, 4) is 5.75 Å². The van der Waals surface area contributed by atoms with E-state index in [-0.39, 0.29) is 17.3 Å². The molecule has 0 bridgehead atoms. The molecule has 6 aromatic rings. The number of para-hydroxylation sites is 2. The molecule has 5 heteroatoms. The number of ketones is 2. The van der Waals surface area contributed by atoms with Gasteiger partial charge in [-0.3, -0.25) is 9.59 Å². The molecule has 1 unspecified atom stereocenters. The molecule has 0 fully saturated rings. The SMILES string of the molecule is O=C1C2=C(C(=O)c3ccccc31)C(c1ccccc1)c1c(c3ccccc3c3nc4ccccc4nc13)O2. The first kappa shape index (κ1) is 21.0. The van der Waals surface area contributed by atoms with E-state index in [9.17, 15) is 9.59 Å². The zero-order valence-electron chi connectivity index (χ0n) is 20.0. The number of Topliss-reactive ketones (excluding diaryl/α,β-unsaturated/α-hetero) is 2. The van der Waals surface area contributed by atoms with Crippen LogP contribution < -0.4 is 4.74 Å². The number of rotatable bonds is 1. The quantitative estimate of drug-likeness (QED) is 0.187. The lowest BCUT2D eigenvalue weighted by Gasteiger charge is -2.34. The van der Waals surface area contributed by atoms with E-state index in [1.807, 2.05) is 78.9 Å². The Bertz CT molecular complexity index is 2040. The second-order valence-electron chi connectivity index (χ2n) is 9.59. The average Bonchev–Trinajstić information content (AvgIpc) is 2.98. The number of carbonyl (C=O) groups excluding carboxylic acids is 2. The zero-order chi connectivity index (χ0) is 25.4. The van der Waals surface area contributed by atoms with Crippen molar-refractivity contribution in [2.45, 2.75) is 5.92 Å². The van der Waals surface area contributed by atoms with Crippen molar-refractivity contribution < 1.29 is 14.3 Å². The summed E-state index contributed by atoms with van der Waals surface area (Å²) in [5.74, 6) is -0.401.